The Balaban J connectivity index is 1.92. The molecule has 3 aromatic rings. The number of para-hydroxylation sites is 1. The van der Waals surface area contributed by atoms with Crippen molar-refractivity contribution in [2.24, 2.45) is 5.73 Å². The van der Waals surface area contributed by atoms with Gasteiger partial charge in [-0.2, -0.15) is 0 Å². The van der Waals surface area contributed by atoms with Crippen molar-refractivity contribution in [3.8, 4) is 11.5 Å². The summed E-state index contributed by atoms with van der Waals surface area (Å²) >= 11 is 12.6. The van der Waals surface area contributed by atoms with Gasteiger partial charge >= 0.3 is 0 Å². The average Bonchev–Trinajstić information content (AvgIpc) is 2.57. The van der Waals surface area contributed by atoms with E-state index < -0.39 is 0 Å². The smallest absolute Gasteiger partial charge is 0.146 e. The Hall–Kier alpha value is -2.01. The SMILES string of the molecule is Cc1ccc2cccc(OCc3c(Cl)ccc(OCN)c3Cl)c2n1. The van der Waals surface area contributed by atoms with Crippen molar-refractivity contribution in [3.63, 3.8) is 0 Å². The number of halogens is 2. The summed E-state index contributed by atoms with van der Waals surface area (Å²) in [7, 11) is 0. The molecule has 0 saturated carbocycles. The highest BCUT2D eigenvalue weighted by Crippen LogP contribution is 2.34. The van der Waals surface area contributed by atoms with E-state index in [1.807, 2.05) is 37.3 Å². The van der Waals surface area contributed by atoms with E-state index >= 15 is 0 Å². The molecule has 6 heteroatoms. The van der Waals surface area contributed by atoms with E-state index in [0.717, 1.165) is 16.6 Å². The van der Waals surface area contributed by atoms with Gasteiger partial charge in [-0.1, -0.05) is 41.4 Å². The first-order chi connectivity index (χ1) is 11.6. The third-order valence-electron chi connectivity index (χ3n) is 3.58. The molecule has 24 heavy (non-hydrogen) atoms. The number of rotatable bonds is 5. The third-order valence-corrected chi connectivity index (χ3v) is 4.35. The minimum absolute atomic E-state index is 0.0359. The topological polar surface area (TPSA) is 57.4 Å². The Labute approximate surface area is 150 Å². The van der Waals surface area contributed by atoms with Crippen molar-refractivity contribution in [3.05, 3.63) is 63.8 Å². The first-order valence-corrected chi connectivity index (χ1v) is 8.14. The average molecular weight is 363 g/mol. The van der Waals surface area contributed by atoms with E-state index in [4.69, 9.17) is 38.4 Å². The van der Waals surface area contributed by atoms with Crippen LogP contribution in [0.25, 0.3) is 10.9 Å². The number of aromatic nitrogens is 1. The van der Waals surface area contributed by atoms with Crippen LogP contribution in [0, 0.1) is 6.92 Å². The van der Waals surface area contributed by atoms with Crippen LogP contribution in [-0.2, 0) is 6.61 Å². The zero-order chi connectivity index (χ0) is 17.1. The van der Waals surface area contributed by atoms with E-state index in [2.05, 4.69) is 4.98 Å². The van der Waals surface area contributed by atoms with E-state index in [1.54, 1.807) is 12.1 Å². The summed E-state index contributed by atoms with van der Waals surface area (Å²) in [6.45, 7) is 2.18. The lowest BCUT2D eigenvalue weighted by Gasteiger charge is -2.14. The predicted octanol–water partition coefficient (Wildman–Crippen LogP) is 4.72. The maximum Gasteiger partial charge on any atom is 0.146 e. The van der Waals surface area contributed by atoms with Crippen LogP contribution in [0.4, 0.5) is 0 Å². The fraction of sp³-hybridized carbons (Fsp3) is 0.167. The van der Waals surface area contributed by atoms with Crippen LogP contribution in [-0.4, -0.2) is 11.7 Å². The van der Waals surface area contributed by atoms with Gasteiger partial charge in [0.05, 0.1) is 5.02 Å². The van der Waals surface area contributed by atoms with Crippen LogP contribution in [0.2, 0.25) is 10.0 Å². The zero-order valence-corrected chi connectivity index (χ0v) is 14.6. The second-order valence-electron chi connectivity index (χ2n) is 5.22. The Kier molecular flexibility index (Phi) is 5.09. The number of nitrogens with zero attached hydrogens (tertiary/aromatic N) is 1. The molecule has 0 aliphatic rings. The fourth-order valence-electron chi connectivity index (χ4n) is 2.39. The summed E-state index contributed by atoms with van der Waals surface area (Å²) in [5.41, 5.74) is 7.78. The van der Waals surface area contributed by atoms with Gasteiger partial charge in [-0.25, -0.2) is 4.98 Å². The molecule has 0 aliphatic heterocycles. The van der Waals surface area contributed by atoms with Crippen molar-refractivity contribution >= 4 is 34.1 Å². The number of hydrogen-bond acceptors (Lipinski definition) is 4. The Morgan fingerprint density at radius 1 is 1.00 bits per heavy atom. The largest absolute Gasteiger partial charge is 0.487 e. The second-order valence-corrected chi connectivity index (χ2v) is 6.00. The molecule has 124 valence electrons. The van der Waals surface area contributed by atoms with Gasteiger partial charge in [0.1, 0.15) is 30.4 Å². The van der Waals surface area contributed by atoms with Gasteiger partial charge in [-0.15, -0.1) is 0 Å². The molecule has 0 bridgehead atoms. The van der Waals surface area contributed by atoms with Crippen molar-refractivity contribution in [1.29, 1.82) is 0 Å². The summed E-state index contributed by atoms with van der Waals surface area (Å²) in [6, 6.07) is 13.2. The molecule has 2 aromatic carbocycles. The van der Waals surface area contributed by atoms with Gasteiger partial charge < -0.3 is 9.47 Å². The molecule has 0 radical (unpaired) electrons. The number of ether oxygens (including phenoxy) is 2. The van der Waals surface area contributed by atoms with Crippen molar-refractivity contribution in [1.82, 2.24) is 4.98 Å². The monoisotopic (exact) mass is 362 g/mol. The lowest BCUT2D eigenvalue weighted by molar-refractivity contribution is 0.305. The molecule has 2 N–H and O–H groups in total. The van der Waals surface area contributed by atoms with Crippen molar-refractivity contribution < 1.29 is 9.47 Å². The molecule has 0 unspecified atom stereocenters. The lowest BCUT2D eigenvalue weighted by Crippen LogP contribution is -2.08. The Morgan fingerprint density at radius 3 is 2.62 bits per heavy atom. The number of fused-ring (bicyclic) bond motifs is 1. The molecule has 1 heterocycles. The van der Waals surface area contributed by atoms with Crippen LogP contribution in [0.1, 0.15) is 11.3 Å². The first kappa shape index (κ1) is 16.8. The molecule has 0 spiro atoms. The quantitative estimate of drug-likeness (QED) is 0.666. The van der Waals surface area contributed by atoms with E-state index in [1.165, 1.54) is 0 Å². The summed E-state index contributed by atoms with van der Waals surface area (Å²) < 4.78 is 11.2. The number of hydrogen-bond donors (Lipinski definition) is 1. The fourth-order valence-corrected chi connectivity index (χ4v) is 2.93. The van der Waals surface area contributed by atoms with E-state index in [0.29, 0.717) is 27.1 Å². The number of aryl methyl sites for hydroxylation is 1. The Morgan fingerprint density at radius 2 is 1.83 bits per heavy atom. The third kappa shape index (κ3) is 3.41. The summed E-state index contributed by atoms with van der Waals surface area (Å²) in [5.74, 6) is 1.16. The van der Waals surface area contributed by atoms with Crippen LogP contribution in [0.15, 0.2) is 42.5 Å². The number of pyridine rings is 1. The standard InChI is InChI=1S/C18H16Cl2N2O2/c1-11-5-6-12-3-2-4-16(18(12)22-11)23-9-13-14(19)7-8-15(17(13)20)24-10-21/h2-8H,9-10,21H2,1H3. The van der Waals surface area contributed by atoms with Crippen LogP contribution >= 0.6 is 23.2 Å². The number of benzene rings is 2. The van der Waals surface area contributed by atoms with Gasteiger partial charge in [-0.3, -0.25) is 5.73 Å². The molecule has 0 fully saturated rings. The summed E-state index contributed by atoms with van der Waals surface area (Å²) in [6.07, 6.45) is 0. The van der Waals surface area contributed by atoms with Gasteiger partial charge in [0, 0.05) is 21.7 Å². The van der Waals surface area contributed by atoms with Crippen LogP contribution in [0.5, 0.6) is 11.5 Å². The van der Waals surface area contributed by atoms with E-state index in [-0.39, 0.29) is 13.3 Å². The number of nitrogens with two attached hydrogens (primary N) is 1. The van der Waals surface area contributed by atoms with Crippen molar-refractivity contribution in [2.75, 3.05) is 6.73 Å². The minimum atomic E-state index is 0.0359. The van der Waals surface area contributed by atoms with E-state index in [9.17, 15) is 0 Å². The van der Waals surface area contributed by atoms with Gasteiger partial charge in [0.15, 0.2) is 0 Å². The molecular weight excluding hydrogens is 347 g/mol. The predicted molar refractivity (Wildman–Crippen MR) is 97.0 cm³/mol. The highest BCUT2D eigenvalue weighted by molar-refractivity contribution is 6.36. The molecule has 0 atom stereocenters. The van der Waals surface area contributed by atoms with Gasteiger partial charge in [-0.05, 0) is 31.2 Å². The molecule has 3 rings (SSSR count). The molecule has 0 aliphatic carbocycles. The first-order valence-electron chi connectivity index (χ1n) is 7.39. The highest BCUT2D eigenvalue weighted by Gasteiger charge is 2.13. The molecular formula is C18H16Cl2N2O2. The normalized spacial score (nSPS) is 10.8. The van der Waals surface area contributed by atoms with Gasteiger partial charge in [0.25, 0.3) is 0 Å². The second kappa shape index (κ2) is 7.26. The maximum atomic E-state index is 6.34. The minimum Gasteiger partial charge on any atom is -0.487 e. The molecule has 1 aromatic heterocycles. The van der Waals surface area contributed by atoms with Gasteiger partial charge in [0.2, 0.25) is 0 Å². The zero-order valence-electron chi connectivity index (χ0n) is 13.1. The maximum absolute atomic E-state index is 6.34. The summed E-state index contributed by atoms with van der Waals surface area (Å²) in [4.78, 5) is 4.55. The highest BCUT2D eigenvalue weighted by atomic mass is 35.5. The van der Waals surface area contributed by atoms with Crippen LogP contribution < -0.4 is 15.2 Å². The Bertz CT molecular complexity index is 884. The molecule has 0 amide bonds. The van der Waals surface area contributed by atoms with Crippen molar-refractivity contribution in [2.45, 2.75) is 13.5 Å². The van der Waals surface area contributed by atoms with Crippen LogP contribution in [0.3, 0.4) is 0 Å². The molecule has 0 saturated heterocycles. The lowest BCUT2D eigenvalue weighted by atomic mass is 10.2. The molecule has 4 nitrogen and oxygen atoms in total. The summed E-state index contributed by atoms with van der Waals surface area (Å²) in [5, 5.41) is 1.92.